The van der Waals surface area contributed by atoms with Gasteiger partial charge >= 0.3 is 12.2 Å². The first-order chi connectivity index (χ1) is 19.6. The van der Waals surface area contributed by atoms with Crippen LogP contribution in [0.1, 0.15) is 39.2 Å². The molecule has 4 amide bonds. The Kier molecular flexibility index (Phi) is 9.31. The SMILES string of the molecule is C=CC[C@H](NC(=O)OC(C)(C)C)C(=O)N1CC[C@@H]2[C@H]1[C@@H](C(=O)Nc1ccccc1)CN2C(=O)OCc1ccccc1. The number of ether oxygens (including phenoxy) is 2. The average molecular weight is 563 g/mol. The summed E-state index contributed by atoms with van der Waals surface area (Å²) in [5.74, 6) is -1.37. The standard InChI is InChI=1S/C31H38N4O6/c1-5-12-24(33-29(38)41-31(2,3)4)28(37)34-18-17-25-26(34)23(27(36)32-22-15-10-7-11-16-22)19-35(25)30(39)40-20-21-13-8-6-9-14-21/h5-11,13-16,23-26H,1,12,17-20H2,2-4H3,(H,32,36)(H,33,38)/t23-,24-,25+,26+/m0/s1. The molecule has 0 spiro atoms. The van der Waals surface area contributed by atoms with E-state index in [2.05, 4.69) is 17.2 Å². The van der Waals surface area contributed by atoms with Gasteiger partial charge in [0.05, 0.1) is 18.0 Å². The van der Waals surface area contributed by atoms with Crippen molar-refractivity contribution in [3.05, 3.63) is 78.9 Å². The highest BCUT2D eigenvalue weighted by atomic mass is 16.6. The van der Waals surface area contributed by atoms with Crippen molar-refractivity contribution in [3.63, 3.8) is 0 Å². The molecule has 2 saturated heterocycles. The molecular weight excluding hydrogens is 524 g/mol. The summed E-state index contributed by atoms with van der Waals surface area (Å²) in [7, 11) is 0. The molecule has 0 aliphatic carbocycles. The molecule has 2 fully saturated rings. The molecule has 0 saturated carbocycles. The van der Waals surface area contributed by atoms with E-state index in [1.807, 2.05) is 48.5 Å². The van der Waals surface area contributed by atoms with E-state index in [4.69, 9.17) is 9.47 Å². The topological polar surface area (TPSA) is 117 Å². The van der Waals surface area contributed by atoms with Gasteiger partial charge in [-0.15, -0.1) is 6.58 Å². The Balaban J connectivity index is 1.55. The lowest BCUT2D eigenvalue weighted by molar-refractivity contribution is -0.136. The van der Waals surface area contributed by atoms with E-state index in [0.717, 1.165) is 5.56 Å². The van der Waals surface area contributed by atoms with E-state index < -0.39 is 41.8 Å². The lowest BCUT2D eigenvalue weighted by atomic mass is 9.97. The summed E-state index contributed by atoms with van der Waals surface area (Å²) >= 11 is 0. The van der Waals surface area contributed by atoms with Crippen molar-refractivity contribution >= 4 is 29.7 Å². The van der Waals surface area contributed by atoms with E-state index >= 15 is 0 Å². The van der Waals surface area contributed by atoms with Gasteiger partial charge in [0.1, 0.15) is 18.2 Å². The number of benzene rings is 2. The number of nitrogens with one attached hydrogen (secondary N) is 2. The Morgan fingerprint density at radius 2 is 1.68 bits per heavy atom. The minimum Gasteiger partial charge on any atom is -0.445 e. The molecule has 0 bridgehead atoms. The first kappa shape index (κ1) is 29.6. The third-order valence-corrected chi connectivity index (χ3v) is 7.12. The molecule has 4 atom stereocenters. The molecule has 2 aliphatic rings. The van der Waals surface area contributed by atoms with Crippen LogP contribution in [0.2, 0.25) is 0 Å². The number of para-hydroxylation sites is 1. The second-order valence-electron chi connectivity index (χ2n) is 11.3. The van der Waals surface area contributed by atoms with Crippen LogP contribution in [0.15, 0.2) is 73.3 Å². The predicted molar refractivity (Wildman–Crippen MR) is 154 cm³/mol. The summed E-state index contributed by atoms with van der Waals surface area (Å²) in [6.07, 6.45) is 0.941. The molecule has 0 radical (unpaired) electrons. The molecule has 41 heavy (non-hydrogen) atoms. The smallest absolute Gasteiger partial charge is 0.410 e. The molecule has 2 aromatic carbocycles. The van der Waals surface area contributed by atoms with Gasteiger partial charge in [0.15, 0.2) is 0 Å². The summed E-state index contributed by atoms with van der Waals surface area (Å²) in [5, 5.41) is 5.58. The van der Waals surface area contributed by atoms with E-state index in [1.54, 1.807) is 48.8 Å². The number of rotatable bonds is 8. The van der Waals surface area contributed by atoms with Crippen LogP contribution in [-0.4, -0.2) is 70.6 Å². The zero-order chi connectivity index (χ0) is 29.6. The molecule has 0 aromatic heterocycles. The zero-order valence-corrected chi connectivity index (χ0v) is 23.7. The van der Waals surface area contributed by atoms with Gasteiger partial charge in [-0.05, 0) is 51.3 Å². The lowest BCUT2D eigenvalue weighted by Gasteiger charge is -2.31. The van der Waals surface area contributed by atoms with Gasteiger partial charge in [0.25, 0.3) is 0 Å². The quantitative estimate of drug-likeness (QED) is 0.463. The molecule has 10 nitrogen and oxygen atoms in total. The average Bonchev–Trinajstić information content (AvgIpc) is 3.52. The maximum absolute atomic E-state index is 13.8. The third-order valence-electron chi connectivity index (χ3n) is 7.12. The summed E-state index contributed by atoms with van der Waals surface area (Å²) in [4.78, 5) is 56.4. The zero-order valence-electron chi connectivity index (χ0n) is 23.7. The fraction of sp³-hybridized carbons (Fsp3) is 0.419. The highest BCUT2D eigenvalue weighted by Crippen LogP contribution is 2.37. The molecule has 2 N–H and O–H groups in total. The number of likely N-dealkylation sites (tertiary alicyclic amines) is 2. The normalized spacial score (nSPS) is 20.5. The largest absolute Gasteiger partial charge is 0.445 e. The van der Waals surface area contributed by atoms with Crippen LogP contribution in [0.4, 0.5) is 15.3 Å². The minimum absolute atomic E-state index is 0.0943. The fourth-order valence-electron chi connectivity index (χ4n) is 5.38. The van der Waals surface area contributed by atoms with Crippen LogP contribution >= 0.6 is 0 Å². The minimum atomic E-state index is -0.932. The molecule has 2 aliphatic heterocycles. The Hall–Kier alpha value is -4.34. The highest BCUT2D eigenvalue weighted by Gasteiger charge is 2.55. The van der Waals surface area contributed by atoms with E-state index in [-0.39, 0.29) is 31.4 Å². The van der Waals surface area contributed by atoms with Crippen LogP contribution in [-0.2, 0) is 25.7 Å². The molecule has 10 heteroatoms. The number of anilines is 1. The number of alkyl carbamates (subject to hydrolysis) is 1. The first-order valence-corrected chi connectivity index (χ1v) is 13.8. The molecule has 218 valence electrons. The summed E-state index contributed by atoms with van der Waals surface area (Å²) in [6, 6.07) is 16.4. The van der Waals surface area contributed by atoms with Crippen molar-refractivity contribution in [1.82, 2.24) is 15.1 Å². The van der Waals surface area contributed by atoms with Gasteiger partial charge in [-0.2, -0.15) is 0 Å². The van der Waals surface area contributed by atoms with Crippen LogP contribution in [0.3, 0.4) is 0 Å². The van der Waals surface area contributed by atoms with Crippen LogP contribution < -0.4 is 10.6 Å². The summed E-state index contributed by atoms with van der Waals surface area (Å²) in [5.41, 5.74) is 0.724. The third kappa shape index (κ3) is 7.45. The fourth-order valence-corrected chi connectivity index (χ4v) is 5.38. The van der Waals surface area contributed by atoms with Crippen molar-refractivity contribution in [2.45, 2.75) is 63.9 Å². The van der Waals surface area contributed by atoms with Crippen LogP contribution in [0.25, 0.3) is 0 Å². The van der Waals surface area contributed by atoms with Crippen LogP contribution in [0.5, 0.6) is 0 Å². The van der Waals surface area contributed by atoms with Gasteiger partial charge in [0.2, 0.25) is 11.8 Å². The lowest BCUT2D eigenvalue weighted by Crippen LogP contribution is -2.54. The maximum Gasteiger partial charge on any atom is 0.410 e. The monoisotopic (exact) mass is 562 g/mol. The molecule has 0 unspecified atom stereocenters. The van der Waals surface area contributed by atoms with Crippen molar-refractivity contribution in [2.75, 3.05) is 18.4 Å². The van der Waals surface area contributed by atoms with Gasteiger partial charge in [-0.3, -0.25) is 9.59 Å². The van der Waals surface area contributed by atoms with Gasteiger partial charge in [-0.1, -0.05) is 54.6 Å². The van der Waals surface area contributed by atoms with Gasteiger partial charge < -0.3 is 29.9 Å². The Bertz CT molecular complexity index is 1250. The van der Waals surface area contributed by atoms with Crippen molar-refractivity contribution in [2.24, 2.45) is 5.92 Å². The first-order valence-electron chi connectivity index (χ1n) is 13.8. The van der Waals surface area contributed by atoms with Crippen molar-refractivity contribution < 1.29 is 28.7 Å². The number of fused-ring (bicyclic) bond motifs is 1. The summed E-state index contributed by atoms with van der Waals surface area (Å²) in [6.45, 7) is 9.45. The number of amides is 4. The van der Waals surface area contributed by atoms with Crippen molar-refractivity contribution in [1.29, 1.82) is 0 Å². The van der Waals surface area contributed by atoms with Gasteiger partial charge in [0, 0.05) is 18.8 Å². The van der Waals surface area contributed by atoms with E-state index in [0.29, 0.717) is 18.7 Å². The van der Waals surface area contributed by atoms with Gasteiger partial charge in [-0.25, -0.2) is 9.59 Å². The number of hydrogen-bond donors (Lipinski definition) is 2. The summed E-state index contributed by atoms with van der Waals surface area (Å²) < 4.78 is 11.0. The Morgan fingerprint density at radius 3 is 2.32 bits per heavy atom. The second-order valence-corrected chi connectivity index (χ2v) is 11.3. The number of hydrogen-bond acceptors (Lipinski definition) is 6. The molecule has 2 heterocycles. The molecule has 4 rings (SSSR count). The Labute approximate surface area is 240 Å². The number of carbonyl (C=O) groups is 4. The Morgan fingerprint density at radius 1 is 1.02 bits per heavy atom. The van der Waals surface area contributed by atoms with E-state index in [9.17, 15) is 19.2 Å². The number of nitrogens with zero attached hydrogens (tertiary/aromatic N) is 2. The molecule has 2 aromatic rings. The highest BCUT2D eigenvalue weighted by molar-refractivity contribution is 5.95. The predicted octanol–water partition coefficient (Wildman–Crippen LogP) is 4.33. The van der Waals surface area contributed by atoms with Crippen LogP contribution in [0, 0.1) is 5.92 Å². The van der Waals surface area contributed by atoms with Crippen molar-refractivity contribution in [3.8, 4) is 0 Å². The molecular formula is C31H38N4O6. The maximum atomic E-state index is 13.8. The second kappa shape index (κ2) is 12.9. The number of carbonyl (C=O) groups excluding carboxylic acids is 4. The van der Waals surface area contributed by atoms with E-state index in [1.165, 1.54) is 0 Å².